The van der Waals surface area contributed by atoms with E-state index in [2.05, 4.69) is 57.5 Å². The summed E-state index contributed by atoms with van der Waals surface area (Å²) in [6.45, 7) is 13.9. The summed E-state index contributed by atoms with van der Waals surface area (Å²) in [4.78, 5) is 0. The zero-order chi connectivity index (χ0) is 12.8. The van der Waals surface area contributed by atoms with Crippen LogP contribution in [0.2, 0.25) is 0 Å². The van der Waals surface area contributed by atoms with Gasteiger partial charge in [-0.3, -0.25) is 0 Å². The van der Waals surface area contributed by atoms with Crippen LogP contribution in [-0.4, -0.2) is 33.5 Å². The van der Waals surface area contributed by atoms with Crippen LogP contribution < -0.4 is 0 Å². The minimum absolute atomic E-state index is 0.242. The molecule has 0 atom stereocenters. The highest BCUT2D eigenvalue weighted by Crippen LogP contribution is 2.37. The molecule has 1 saturated carbocycles. The first-order chi connectivity index (χ1) is 7.68. The lowest BCUT2D eigenvalue weighted by molar-refractivity contribution is -0.759. The molecule has 2 nitrogen and oxygen atoms in total. The highest BCUT2D eigenvalue weighted by Gasteiger charge is 2.48. The summed E-state index contributed by atoms with van der Waals surface area (Å²) in [6.07, 6.45) is 7.98. The van der Waals surface area contributed by atoms with Crippen molar-refractivity contribution in [2.24, 2.45) is 5.41 Å². The van der Waals surface area contributed by atoms with Gasteiger partial charge in [-0.2, -0.15) is 5.01 Å². The number of hydrazone groups is 1. The average molecular weight is 237 g/mol. The summed E-state index contributed by atoms with van der Waals surface area (Å²) in [5, 5.41) is 2.65. The molecular weight excluding hydrogens is 208 g/mol. The largest absolute Gasteiger partial charge is 0.181 e. The monoisotopic (exact) mass is 237 g/mol. The molecule has 3 rings (SSSR count). The number of hydrazine groups is 1. The highest BCUT2D eigenvalue weighted by atomic mass is 15.6. The molecule has 2 aliphatic heterocycles. The molecule has 2 saturated heterocycles. The molecule has 98 valence electrons. The van der Waals surface area contributed by atoms with Gasteiger partial charge in [0.15, 0.2) is 12.3 Å². The van der Waals surface area contributed by atoms with Gasteiger partial charge >= 0.3 is 0 Å². The van der Waals surface area contributed by atoms with E-state index in [9.17, 15) is 0 Å². The van der Waals surface area contributed by atoms with Crippen molar-refractivity contribution in [1.29, 1.82) is 0 Å². The first-order valence-electron chi connectivity index (χ1n) is 7.12. The Labute approximate surface area is 107 Å². The van der Waals surface area contributed by atoms with Crippen LogP contribution in [0.5, 0.6) is 0 Å². The number of nitrogens with zero attached hydrogens (tertiary/aromatic N) is 2. The van der Waals surface area contributed by atoms with Crippen molar-refractivity contribution in [2.45, 2.75) is 84.8 Å². The second-order valence-electron chi connectivity index (χ2n) is 7.85. The second-order valence-corrected chi connectivity index (χ2v) is 7.85. The lowest BCUT2D eigenvalue weighted by atomic mass is 9.85. The Kier molecular flexibility index (Phi) is 3.04. The smallest absolute Gasteiger partial charge is 0.178 e. The normalized spacial score (nSPS) is 32.4. The molecule has 17 heavy (non-hydrogen) atoms. The SMILES string of the molecule is CC(C)(C)/C=[N+]1\C2CCC(CC2)N1C(C)(C)C. The molecule has 0 aromatic carbocycles. The van der Waals surface area contributed by atoms with Crippen LogP contribution in [0.4, 0.5) is 0 Å². The van der Waals surface area contributed by atoms with Crippen molar-refractivity contribution >= 4 is 6.21 Å². The Morgan fingerprint density at radius 3 is 1.88 bits per heavy atom. The predicted octanol–water partition coefficient (Wildman–Crippen LogP) is 3.46. The third kappa shape index (κ3) is 2.66. The van der Waals surface area contributed by atoms with Crippen molar-refractivity contribution in [2.75, 3.05) is 0 Å². The van der Waals surface area contributed by atoms with Crippen molar-refractivity contribution in [1.82, 2.24) is 5.01 Å². The summed E-state index contributed by atoms with van der Waals surface area (Å²) < 4.78 is 2.58. The van der Waals surface area contributed by atoms with Crippen molar-refractivity contribution in [3.63, 3.8) is 0 Å². The topological polar surface area (TPSA) is 6.25 Å². The molecule has 2 bridgehead atoms. The standard InChI is InChI=1S/C15H29N2/c1-14(2,3)11-16-12-7-9-13(10-8-12)17(16)15(4,5)6/h11-13H,7-10H2,1-6H3/q+1/b16-11+. The Hall–Kier alpha value is -0.530. The maximum atomic E-state index is 2.65. The lowest BCUT2D eigenvalue weighted by Gasteiger charge is -2.48. The van der Waals surface area contributed by atoms with E-state index in [0.29, 0.717) is 0 Å². The first kappa shape index (κ1) is 12.9. The molecular formula is C15H29N2+. The van der Waals surface area contributed by atoms with E-state index in [1.807, 2.05) is 0 Å². The fourth-order valence-corrected chi connectivity index (χ4v) is 3.39. The van der Waals surface area contributed by atoms with Crippen LogP contribution in [0.3, 0.4) is 0 Å². The number of rotatable bonds is 0. The molecule has 0 radical (unpaired) electrons. The fourth-order valence-electron chi connectivity index (χ4n) is 3.39. The Balaban J connectivity index is 2.36. The van der Waals surface area contributed by atoms with E-state index in [1.165, 1.54) is 25.7 Å². The lowest BCUT2D eigenvalue weighted by Crippen LogP contribution is -2.63. The van der Waals surface area contributed by atoms with Crippen molar-refractivity contribution in [3.05, 3.63) is 0 Å². The Morgan fingerprint density at radius 2 is 1.47 bits per heavy atom. The zero-order valence-electron chi connectivity index (χ0n) is 12.5. The molecule has 2 heterocycles. The van der Waals surface area contributed by atoms with E-state index in [1.54, 1.807) is 0 Å². The maximum absolute atomic E-state index is 2.65. The molecule has 3 fully saturated rings. The van der Waals surface area contributed by atoms with Crippen molar-refractivity contribution in [3.8, 4) is 0 Å². The first-order valence-corrected chi connectivity index (χ1v) is 7.12. The van der Waals surface area contributed by atoms with Crippen LogP contribution >= 0.6 is 0 Å². The minimum atomic E-state index is 0.242. The van der Waals surface area contributed by atoms with Gasteiger partial charge in [-0.15, -0.1) is 4.68 Å². The van der Waals surface area contributed by atoms with Crippen LogP contribution in [0, 0.1) is 5.41 Å². The van der Waals surface area contributed by atoms with Gasteiger partial charge in [-0.25, -0.2) is 0 Å². The van der Waals surface area contributed by atoms with E-state index >= 15 is 0 Å². The molecule has 2 heteroatoms. The molecule has 0 aromatic heterocycles. The summed E-state index contributed by atoms with van der Waals surface area (Å²) in [6, 6.07) is 1.51. The van der Waals surface area contributed by atoms with Crippen LogP contribution in [0.15, 0.2) is 0 Å². The summed E-state index contributed by atoms with van der Waals surface area (Å²) >= 11 is 0. The van der Waals surface area contributed by atoms with Gasteiger partial charge < -0.3 is 0 Å². The van der Waals surface area contributed by atoms with Crippen molar-refractivity contribution < 1.29 is 4.68 Å². The van der Waals surface area contributed by atoms with Gasteiger partial charge in [0.1, 0.15) is 0 Å². The summed E-state index contributed by atoms with van der Waals surface area (Å²) in [5.74, 6) is 0. The molecule has 0 spiro atoms. The van der Waals surface area contributed by atoms with Gasteiger partial charge in [0.05, 0.1) is 11.6 Å². The third-order valence-electron chi connectivity index (χ3n) is 3.84. The zero-order valence-corrected chi connectivity index (χ0v) is 12.5. The second kappa shape index (κ2) is 4.00. The highest BCUT2D eigenvalue weighted by molar-refractivity contribution is 5.58. The average Bonchev–Trinajstić information content (AvgIpc) is 2.14. The van der Waals surface area contributed by atoms with Gasteiger partial charge in [-0.05, 0) is 33.6 Å². The van der Waals surface area contributed by atoms with E-state index < -0.39 is 0 Å². The molecule has 1 aliphatic carbocycles. The Morgan fingerprint density at radius 1 is 0.941 bits per heavy atom. The van der Waals surface area contributed by atoms with Crippen LogP contribution in [0.1, 0.15) is 67.2 Å². The van der Waals surface area contributed by atoms with E-state index in [4.69, 9.17) is 0 Å². The summed E-state index contributed by atoms with van der Waals surface area (Å²) in [5.41, 5.74) is 0.506. The minimum Gasteiger partial charge on any atom is -0.178 e. The van der Waals surface area contributed by atoms with Gasteiger partial charge in [0.2, 0.25) is 0 Å². The van der Waals surface area contributed by atoms with Crippen LogP contribution in [-0.2, 0) is 0 Å². The third-order valence-corrected chi connectivity index (χ3v) is 3.84. The maximum Gasteiger partial charge on any atom is 0.181 e. The molecule has 0 unspecified atom stereocenters. The predicted molar refractivity (Wildman–Crippen MR) is 73.4 cm³/mol. The summed E-state index contributed by atoms with van der Waals surface area (Å²) in [7, 11) is 0. The molecule has 0 amide bonds. The van der Waals surface area contributed by atoms with E-state index in [0.717, 1.165) is 12.1 Å². The number of fused-ring (bicyclic) bond motifs is 3. The Bertz CT molecular complexity index is 309. The van der Waals surface area contributed by atoms with E-state index in [-0.39, 0.29) is 11.0 Å². The van der Waals surface area contributed by atoms with Gasteiger partial charge in [0.25, 0.3) is 0 Å². The van der Waals surface area contributed by atoms with Crippen LogP contribution in [0.25, 0.3) is 0 Å². The van der Waals surface area contributed by atoms with Gasteiger partial charge in [0, 0.05) is 18.3 Å². The molecule has 0 aromatic rings. The number of hydrogen-bond donors (Lipinski definition) is 0. The number of hydrogen-bond acceptors (Lipinski definition) is 1. The quantitative estimate of drug-likeness (QED) is 0.585. The molecule has 0 N–H and O–H groups in total. The molecule has 3 aliphatic rings. The fraction of sp³-hybridized carbons (Fsp3) is 0.933. The van der Waals surface area contributed by atoms with Gasteiger partial charge in [-0.1, -0.05) is 20.8 Å².